The summed E-state index contributed by atoms with van der Waals surface area (Å²) in [5, 5.41) is 13.3. The Labute approximate surface area is 89.0 Å². The van der Waals surface area contributed by atoms with E-state index in [2.05, 4.69) is 5.10 Å². The van der Waals surface area contributed by atoms with E-state index in [1.54, 1.807) is 4.68 Å². The summed E-state index contributed by atoms with van der Waals surface area (Å²) in [6.07, 6.45) is 3.81. The van der Waals surface area contributed by atoms with Crippen LogP contribution in [-0.2, 0) is 13.7 Å². The van der Waals surface area contributed by atoms with E-state index in [1.807, 2.05) is 44.6 Å². The van der Waals surface area contributed by atoms with Gasteiger partial charge in [-0.1, -0.05) is 18.2 Å². The lowest BCUT2D eigenvalue weighted by Gasteiger charge is -2.07. The second kappa shape index (κ2) is 3.87. The first-order valence-electron chi connectivity index (χ1n) is 4.90. The molecule has 1 aromatic carbocycles. The zero-order chi connectivity index (χ0) is 10.8. The standard InChI is InChI=1S/C12H14N2O/c1-9-10(8-15)4-3-5-12(9)11-6-13-14(2)7-11/h3-7,15H,8H2,1-2H3. The van der Waals surface area contributed by atoms with Crippen LogP contribution in [0.1, 0.15) is 11.1 Å². The van der Waals surface area contributed by atoms with Crippen molar-refractivity contribution in [3.8, 4) is 11.1 Å². The molecule has 0 unspecified atom stereocenters. The molecule has 0 fully saturated rings. The minimum absolute atomic E-state index is 0.0833. The topological polar surface area (TPSA) is 38.1 Å². The fraction of sp³-hybridized carbons (Fsp3) is 0.250. The molecule has 78 valence electrons. The van der Waals surface area contributed by atoms with Gasteiger partial charge in [0, 0.05) is 18.8 Å². The molecule has 0 aliphatic rings. The molecule has 2 aromatic rings. The van der Waals surface area contributed by atoms with Crippen LogP contribution >= 0.6 is 0 Å². The van der Waals surface area contributed by atoms with Crippen LogP contribution in [0.3, 0.4) is 0 Å². The molecule has 1 aromatic heterocycles. The Morgan fingerprint density at radius 3 is 2.80 bits per heavy atom. The summed E-state index contributed by atoms with van der Waals surface area (Å²) >= 11 is 0. The first-order chi connectivity index (χ1) is 7.22. The third-order valence-electron chi connectivity index (χ3n) is 2.63. The van der Waals surface area contributed by atoms with Crippen LogP contribution in [-0.4, -0.2) is 14.9 Å². The molecule has 3 heteroatoms. The van der Waals surface area contributed by atoms with E-state index in [1.165, 1.54) is 0 Å². The second-order valence-electron chi connectivity index (χ2n) is 3.65. The SMILES string of the molecule is Cc1c(CO)cccc1-c1cnn(C)c1. The molecular weight excluding hydrogens is 188 g/mol. The van der Waals surface area contributed by atoms with Gasteiger partial charge in [-0.15, -0.1) is 0 Å². The Balaban J connectivity index is 2.53. The monoisotopic (exact) mass is 202 g/mol. The Hall–Kier alpha value is -1.61. The van der Waals surface area contributed by atoms with Gasteiger partial charge in [-0.25, -0.2) is 0 Å². The summed E-state index contributed by atoms with van der Waals surface area (Å²) in [5.74, 6) is 0. The van der Waals surface area contributed by atoms with Gasteiger partial charge < -0.3 is 5.11 Å². The van der Waals surface area contributed by atoms with Crippen LogP contribution in [0.2, 0.25) is 0 Å². The molecule has 15 heavy (non-hydrogen) atoms. The summed E-state index contributed by atoms with van der Waals surface area (Å²) in [7, 11) is 1.90. The van der Waals surface area contributed by atoms with E-state index in [0.717, 1.165) is 22.3 Å². The number of nitrogens with zero attached hydrogens (tertiary/aromatic N) is 2. The summed E-state index contributed by atoms with van der Waals surface area (Å²) in [4.78, 5) is 0. The average Bonchev–Trinajstić information content (AvgIpc) is 2.65. The molecule has 1 N–H and O–H groups in total. The summed E-state index contributed by atoms with van der Waals surface area (Å²) < 4.78 is 1.78. The Kier molecular flexibility index (Phi) is 2.56. The second-order valence-corrected chi connectivity index (χ2v) is 3.65. The number of rotatable bonds is 2. The van der Waals surface area contributed by atoms with Gasteiger partial charge in [0.25, 0.3) is 0 Å². The van der Waals surface area contributed by atoms with Crippen molar-refractivity contribution in [2.75, 3.05) is 0 Å². The van der Waals surface area contributed by atoms with Crippen molar-refractivity contribution in [3.63, 3.8) is 0 Å². The van der Waals surface area contributed by atoms with Gasteiger partial charge in [-0.3, -0.25) is 4.68 Å². The minimum atomic E-state index is 0.0833. The molecule has 0 aliphatic heterocycles. The zero-order valence-electron chi connectivity index (χ0n) is 8.94. The van der Waals surface area contributed by atoms with E-state index in [-0.39, 0.29) is 6.61 Å². The van der Waals surface area contributed by atoms with Gasteiger partial charge in [0.1, 0.15) is 0 Å². The lowest BCUT2D eigenvalue weighted by atomic mass is 9.99. The van der Waals surface area contributed by atoms with Crippen LogP contribution in [0.5, 0.6) is 0 Å². The number of hydrogen-bond donors (Lipinski definition) is 1. The van der Waals surface area contributed by atoms with Crippen LogP contribution in [0.25, 0.3) is 11.1 Å². The van der Waals surface area contributed by atoms with Crippen molar-refractivity contribution in [2.45, 2.75) is 13.5 Å². The third-order valence-corrected chi connectivity index (χ3v) is 2.63. The van der Waals surface area contributed by atoms with Crippen LogP contribution in [0.4, 0.5) is 0 Å². The van der Waals surface area contributed by atoms with Crippen LogP contribution < -0.4 is 0 Å². The van der Waals surface area contributed by atoms with Crippen molar-refractivity contribution >= 4 is 0 Å². The van der Waals surface area contributed by atoms with Crippen molar-refractivity contribution in [3.05, 3.63) is 41.7 Å². The third kappa shape index (κ3) is 1.78. The van der Waals surface area contributed by atoms with Gasteiger partial charge >= 0.3 is 0 Å². The fourth-order valence-corrected chi connectivity index (χ4v) is 1.73. The molecule has 3 nitrogen and oxygen atoms in total. The molecule has 0 bridgehead atoms. The molecule has 2 rings (SSSR count). The smallest absolute Gasteiger partial charge is 0.0684 e. The molecule has 1 heterocycles. The Morgan fingerprint density at radius 2 is 2.20 bits per heavy atom. The summed E-state index contributed by atoms with van der Waals surface area (Å²) in [6.45, 7) is 2.10. The highest BCUT2D eigenvalue weighted by Gasteiger charge is 2.06. The van der Waals surface area contributed by atoms with E-state index in [4.69, 9.17) is 0 Å². The fourth-order valence-electron chi connectivity index (χ4n) is 1.73. The van der Waals surface area contributed by atoms with E-state index >= 15 is 0 Å². The highest BCUT2D eigenvalue weighted by molar-refractivity contribution is 5.67. The van der Waals surface area contributed by atoms with E-state index < -0.39 is 0 Å². The maximum Gasteiger partial charge on any atom is 0.0684 e. The zero-order valence-corrected chi connectivity index (χ0v) is 8.94. The number of aliphatic hydroxyl groups excluding tert-OH is 1. The molecule has 0 saturated heterocycles. The van der Waals surface area contributed by atoms with Gasteiger partial charge in [-0.2, -0.15) is 5.10 Å². The Morgan fingerprint density at radius 1 is 1.40 bits per heavy atom. The summed E-state index contributed by atoms with van der Waals surface area (Å²) in [6, 6.07) is 5.95. The molecule has 0 spiro atoms. The van der Waals surface area contributed by atoms with Crippen LogP contribution in [0, 0.1) is 6.92 Å². The normalized spacial score (nSPS) is 10.6. The largest absolute Gasteiger partial charge is 0.392 e. The number of hydrogen-bond acceptors (Lipinski definition) is 2. The van der Waals surface area contributed by atoms with Gasteiger partial charge in [-0.05, 0) is 23.6 Å². The van der Waals surface area contributed by atoms with Crippen molar-refractivity contribution < 1.29 is 5.11 Å². The molecule has 0 aliphatic carbocycles. The molecule has 0 amide bonds. The highest BCUT2D eigenvalue weighted by Crippen LogP contribution is 2.24. The predicted molar refractivity (Wildman–Crippen MR) is 59.3 cm³/mol. The quantitative estimate of drug-likeness (QED) is 0.807. The maximum absolute atomic E-state index is 9.17. The van der Waals surface area contributed by atoms with Gasteiger partial charge in [0.05, 0.1) is 12.8 Å². The summed E-state index contributed by atoms with van der Waals surface area (Å²) in [5.41, 5.74) is 4.31. The molecule has 0 atom stereocenters. The highest BCUT2D eigenvalue weighted by atomic mass is 16.3. The first-order valence-corrected chi connectivity index (χ1v) is 4.90. The lowest BCUT2D eigenvalue weighted by Crippen LogP contribution is -1.91. The van der Waals surface area contributed by atoms with Crippen LogP contribution in [0.15, 0.2) is 30.6 Å². The Bertz CT molecular complexity index is 474. The number of aromatic nitrogens is 2. The van der Waals surface area contributed by atoms with Gasteiger partial charge in [0.2, 0.25) is 0 Å². The number of benzene rings is 1. The van der Waals surface area contributed by atoms with Crippen molar-refractivity contribution in [1.29, 1.82) is 0 Å². The maximum atomic E-state index is 9.17. The number of aliphatic hydroxyl groups is 1. The molecule has 0 radical (unpaired) electrons. The lowest BCUT2D eigenvalue weighted by molar-refractivity contribution is 0.281. The first kappa shape index (κ1) is 9.93. The van der Waals surface area contributed by atoms with Crippen molar-refractivity contribution in [1.82, 2.24) is 9.78 Å². The predicted octanol–water partition coefficient (Wildman–Crippen LogP) is 1.89. The molecule has 0 saturated carbocycles. The average molecular weight is 202 g/mol. The minimum Gasteiger partial charge on any atom is -0.392 e. The van der Waals surface area contributed by atoms with Gasteiger partial charge in [0.15, 0.2) is 0 Å². The number of aryl methyl sites for hydroxylation is 1. The van der Waals surface area contributed by atoms with E-state index in [0.29, 0.717) is 0 Å². The van der Waals surface area contributed by atoms with Crippen molar-refractivity contribution in [2.24, 2.45) is 7.05 Å². The molecular formula is C12H14N2O. The van der Waals surface area contributed by atoms with E-state index in [9.17, 15) is 5.11 Å².